The topological polar surface area (TPSA) is 24.1 Å². The first-order valence-electron chi connectivity index (χ1n) is 6.77. The molecule has 0 saturated heterocycles. The van der Waals surface area contributed by atoms with Crippen molar-refractivity contribution in [3.05, 3.63) is 36.6 Å². The fraction of sp³-hybridized carbons (Fsp3) is 0.625. The molecule has 1 unspecified atom stereocenters. The molecule has 0 aromatic rings. The van der Waals surface area contributed by atoms with Gasteiger partial charge in [-0.2, -0.15) is 0 Å². The summed E-state index contributed by atoms with van der Waals surface area (Å²) in [6, 6.07) is 0.310. The van der Waals surface area contributed by atoms with E-state index < -0.39 is 0 Å². The molecular weight excluding hydrogens is 220 g/mol. The molecule has 0 radical (unpaired) electrons. The van der Waals surface area contributed by atoms with Crippen LogP contribution in [0.3, 0.4) is 0 Å². The molecule has 0 aliphatic rings. The Bertz CT molecular complexity index is 289. The third-order valence-electron chi connectivity index (χ3n) is 2.79. The maximum Gasteiger partial charge on any atom is 0.0471 e. The van der Waals surface area contributed by atoms with Gasteiger partial charge in [0.05, 0.1) is 0 Å². The van der Waals surface area contributed by atoms with Crippen LogP contribution in [0.5, 0.6) is 0 Å². The lowest BCUT2D eigenvalue weighted by atomic mass is 9.94. The molecule has 0 aromatic carbocycles. The third-order valence-corrected chi connectivity index (χ3v) is 2.79. The van der Waals surface area contributed by atoms with Gasteiger partial charge in [-0.1, -0.05) is 38.2 Å². The smallest absolute Gasteiger partial charge is 0.0471 e. The summed E-state index contributed by atoms with van der Waals surface area (Å²) >= 11 is 0. The van der Waals surface area contributed by atoms with E-state index >= 15 is 0 Å². The Kier molecular flexibility index (Phi) is 8.47. The molecule has 0 amide bonds. The molecule has 2 heteroatoms. The number of allylic oxidation sites excluding steroid dienone is 1. The molecule has 2 nitrogen and oxygen atoms in total. The summed E-state index contributed by atoms with van der Waals surface area (Å²) in [6.07, 6.45) is 3.13. The Balaban J connectivity index is 4.45. The summed E-state index contributed by atoms with van der Waals surface area (Å²) in [4.78, 5) is 0. The van der Waals surface area contributed by atoms with E-state index in [1.165, 1.54) is 11.1 Å². The van der Waals surface area contributed by atoms with Crippen LogP contribution in [0.4, 0.5) is 0 Å². The fourth-order valence-corrected chi connectivity index (χ4v) is 1.95. The highest BCUT2D eigenvalue weighted by molar-refractivity contribution is 5.12. The molecule has 2 N–H and O–H groups in total. The lowest BCUT2D eigenvalue weighted by Crippen LogP contribution is -2.33. The fourth-order valence-electron chi connectivity index (χ4n) is 1.95. The Labute approximate surface area is 113 Å². The number of rotatable bonds is 10. The summed E-state index contributed by atoms with van der Waals surface area (Å²) < 4.78 is 0. The molecule has 1 atom stereocenters. The lowest BCUT2D eigenvalue weighted by Gasteiger charge is -2.24. The van der Waals surface area contributed by atoms with Crippen LogP contribution in [0.15, 0.2) is 36.6 Å². The van der Waals surface area contributed by atoms with E-state index in [0.29, 0.717) is 12.0 Å². The minimum Gasteiger partial charge on any atom is -0.381 e. The molecule has 104 valence electrons. The molecule has 0 saturated carbocycles. The van der Waals surface area contributed by atoms with Gasteiger partial charge in [-0.15, -0.1) is 6.58 Å². The van der Waals surface area contributed by atoms with E-state index in [1.54, 1.807) is 0 Å². The SMILES string of the molecule is C=C(C)CCC(NC(=C)CNC)C(=C)CC(C)C. The van der Waals surface area contributed by atoms with Crippen molar-refractivity contribution in [2.75, 3.05) is 13.6 Å². The molecule has 18 heavy (non-hydrogen) atoms. The third kappa shape index (κ3) is 8.13. The molecule has 0 aliphatic carbocycles. The zero-order chi connectivity index (χ0) is 14.1. The van der Waals surface area contributed by atoms with Gasteiger partial charge in [0.2, 0.25) is 0 Å². The summed E-state index contributed by atoms with van der Waals surface area (Å²) in [5.74, 6) is 0.643. The van der Waals surface area contributed by atoms with Crippen LogP contribution >= 0.6 is 0 Å². The standard InChI is InChI=1S/C16H30N2/c1-12(2)8-9-16(14(5)10-13(3)4)18-15(6)11-17-7/h13,16-18H,1,5-6,8-11H2,2-4,7H3. The van der Waals surface area contributed by atoms with E-state index in [0.717, 1.165) is 31.5 Å². The number of nitrogens with one attached hydrogen (secondary N) is 2. The van der Waals surface area contributed by atoms with Crippen LogP contribution in [-0.2, 0) is 0 Å². The van der Waals surface area contributed by atoms with Gasteiger partial charge in [-0.05, 0) is 39.2 Å². The summed E-state index contributed by atoms with van der Waals surface area (Å²) in [6.45, 7) is 19.6. The average Bonchev–Trinajstić information content (AvgIpc) is 2.23. The van der Waals surface area contributed by atoms with Crippen LogP contribution in [0.1, 0.15) is 40.0 Å². The van der Waals surface area contributed by atoms with Crippen molar-refractivity contribution >= 4 is 0 Å². The predicted molar refractivity (Wildman–Crippen MR) is 82.6 cm³/mol. The molecule has 0 aromatic heterocycles. The maximum atomic E-state index is 4.23. The highest BCUT2D eigenvalue weighted by Gasteiger charge is 2.14. The van der Waals surface area contributed by atoms with Crippen LogP contribution in [0, 0.1) is 5.92 Å². The second kappa shape index (κ2) is 8.98. The first-order chi connectivity index (χ1) is 8.36. The Hall–Kier alpha value is -1.02. The Morgan fingerprint density at radius 1 is 1.17 bits per heavy atom. The first-order valence-corrected chi connectivity index (χ1v) is 6.77. The van der Waals surface area contributed by atoms with Crippen LogP contribution in [-0.4, -0.2) is 19.6 Å². The molecule has 0 spiro atoms. The van der Waals surface area contributed by atoms with Crippen molar-refractivity contribution in [2.45, 2.75) is 46.1 Å². The summed E-state index contributed by atoms with van der Waals surface area (Å²) in [5.41, 5.74) is 3.51. The van der Waals surface area contributed by atoms with Gasteiger partial charge in [0.15, 0.2) is 0 Å². The highest BCUT2D eigenvalue weighted by atomic mass is 15.0. The lowest BCUT2D eigenvalue weighted by molar-refractivity contribution is 0.526. The molecule has 0 heterocycles. The summed E-state index contributed by atoms with van der Waals surface area (Å²) in [7, 11) is 1.93. The molecule has 0 fully saturated rings. The number of hydrogen-bond acceptors (Lipinski definition) is 2. The zero-order valence-corrected chi connectivity index (χ0v) is 12.6. The largest absolute Gasteiger partial charge is 0.381 e. The monoisotopic (exact) mass is 250 g/mol. The maximum absolute atomic E-state index is 4.23. The minimum atomic E-state index is 0.310. The Morgan fingerprint density at radius 2 is 1.78 bits per heavy atom. The van der Waals surface area contributed by atoms with E-state index in [2.05, 4.69) is 51.1 Å². The molecule has 0 rings (SSSR count). The zero-order valence-electron chi connectivity index (χ0n) is 12.6. The van der Waals surface area contributed by atoms with Crippen LogP contribution < -0.4 is 10.6 Å². The van der Waals surface area contributed by atoms with Crippen LogP contribution in [0.2, 0.25) is 0 Å². The van der Waals surface area contributed by atoms with Gasteiger partial charge in [0, 0.05) is 18.3 Å². The van der Waals surface area contributed by atoms with Gasteiger partial charge in [-0.3, -0.25) is 0 Å². The quantitative estimate of drug-likeness (QED) is 0.578. The predicted octanol–water partition coefficient (Wildman–Crippen LogP) is 3.64. The van der Waals surface area contributed by atoms with Gasteiger partial charge < -0.3 is 10.6 Å². The van der Waals surface area contributed by atoms with Crippen molar-refractivity contribution in [1.82, 2.24) is 10.6 Å². The minimum absolute atomic E-state index is 0.310. The van der Waals surface area contributed by atoms with Crippen molar-refractivity contribution in [2.24, 2.45) is 5.92 Å². The second-order valence-electron chi connectivity index (χ2n) is 5.58. The average molecular weight is 250 g/mol. The van der Waals surface area contributed by atoms with Crippen molar-refractivity contribution < 1.29 is 0 Å². The molecule has 0 aliphatic heterocycles. The van der Waals surface area contributed by atoms with Crippen molar-refractivity contribution in [1.29, 1.82) is 0 Å². The van der Waals surface area contributed by atoms with Crippen molar-refractivity contribution in [3.63, 3.8) is 0 Å². The van der Waals surface area contributed by atoms with Crippen molar-refractivity contribution in [3.8, 4) is 0 Å². The first kappa shape index (κ1) is 17.0. The van der Waals surface area contributed by atoms with Gasteiger partial charge in [0.25, 0.3) is 0 Å². The summed E-state index contributed by atoms with van der Waals surface area (Å²) in [5, 5.41) is 6.59. The normalized spacial score (nSPS) is 12.3. The highest BCUT2D eigenvalue weighted by Crippen LogP contribution is 2.18. The van der Waals surface area contributed by atoms with E-state index in [4.69, 9.17) is 0 Å². The Morgan fingerprint density at radius 3 is 2.22 bits per heavy atom. The van der Waals surface area contributed by atoms with E-state index in [-0.39, 0.29) is 0 Å². The van der Waals surface area contributed by atoms with E-state index in [9.17, 15) is 0 Å². The number of likely N-dealkylation sites (N-methyl/N-ethyl adjacent to an activating group) is 1. The van der Waals surface area contributed by atoms with E-state index in [1.807, 2.05) is 7.05 Å². The molecular formula is C16H30N2. The van der Waals surface area contributed by atoms with Gasteiger partial charge >= 0.3 is 0 Å². The number of hydrogen-bond donors (Lipinski definition) is 2. The molecule has 0 bridgehead atoms. The van der Waals surface area contributed by atoms with Gasteiger partial charge in [0.1, 0.15) is 0 Å². The van der Waals surface area contributed by atoms with Crippen LogP contribution in [0.25, 0.3) is 0 Å². The second-order valence-corrected chi connectivity index (χ2v) is 5.58. The van der Waals surface area contributed by atoms with Gasteiger partial charge in [-0.25, -0.2) is 0 Å².